The maximum atomic E-state index is 13.1. The van der Waals surface area contributed by atoms with Crippen LogP contribution < -0.4 is 10.6 Å². The summed E-state index contributed by atoms with van der Waals surface area (Å²) in [6, 6.07) is 0. The van der Waals surface area contributed by atoms with E-state index >= 15 is 0 Å². The number of rotatable bonds is 20. The molecule has 0 aromatic rings. The van der Waals surface area contributed by atoms with Crippen LogP contribution in [0.25, 0.3) is 0 Å². The monoisotopic (exact) mass is 821 g/mol. The quantitative estimate of drug-likeness (QED) is 0.0544. The van der Waals surface area contributed by atoms with Gasteiger partial charge in [0, 0.05) is 32.4 Å². The minimum Gasteiger partial charge on any atom is -0.410 e. The summed E-state index contributed by atoms with van der Waals surface area (Å²) in [6.07, 6.45) is 16.5. The molecule has 0 bridgehead atoms. The molecule has 0 aliphatic carbocycles. The van der Waals surface area contributed by atoms with Gasteiger partial charge in [-0.25, -0.2) is 0 Å². The van der Waals surface area contributed by atoms with Gasteiger partial charge in [0.2, 0.25) is 11.8 Å². The lowest BCUT2D eigenvalue weighted by Gasteiger charge is -2.48. The van der Waals surface area contributed by atoms with E-state index in [2.05, 4.69) is 83.5 Å². The van der Waals surface area contributed by atoms with Crippen LogP contribution in [0.2, 0.25) is 18.1 Å². The van der Waals surface area contributed by atoms with Crippen LogP contribution in [0.15, 0.2) is 23.8 Å². The fraction of sp³-hybridized carbons (Fsp3) is 0.870. The molecule has 57 heavy (non-hydrogen) atoms. The zero-order valence-electron chi connectivity index (χ0n) is 38.0. The Kier molecular flexibility index (Phi) is 19.9. The minimum absolute atomic E-state index is 0.00922. The zero-order chi connectivity index (χ0) is 42.6. The standard InChI is InChI=1S/C46H84N2O8Si/c1-13-16-39(56-57(11,12)45(8,9)10)28-38-22-20-32(3)42(53-38)29-43(51)48-30-40(50)35(6)44(52)47-26-15-18-41-33(4)23-25-46(55-41)24-14-17-37(54-46)21-19-31(2)27-34(5)36(7)49/h13,16,27,31-33,35-42,49-50H,14-15,17-26,28-30H2,1-12H3,(H,47,52)(H,48,51)/b16-13+,34-27+/t31-,32?,33-,35-,36-,37-,38?,39-,40-,41+,42?,46-/m0/s1. The third kappa shape index (κ3) is 16.1. The van der Waals surface area contributed by atoms with Crippen molar-refractivity contribution in [2.75, 3.05) is 13.1 Å². The van der Waals surface area contributed by atoms with Crippen LogP contribution in [0, 0.1) is 23.7 Å². The maximum absolute atomic E-state index is 13.1. The number of allylic oxidation sites excluding steroid dienone is 2. The molecule has 1 spiro atoms. The highest BCUT2D eigenvalue weighted by Gasteiger charge is 2.45. The second-order valence-electron chi connectivity index (χ2n) is 19.7. The number of carbonyl (C=O) groups is 2. The van der Waals surface area contributed by atoms with Gasteiger partial charge in [-0.1, -0.05) is 66.7 Å². The van der Waals surface area contributed by atoms with Crippen molar-refractivity contribution in [2.45, 2.75) is 219 Å². The first kappa shape index (κ1) is 49.8. The Hall–Kier alpha value is -1.60. The highest BCUT2D eigenvalue weighted by atomic mass is 28.4. The first-order valence-electron chi connectivity index (χ1n) is 22.6. The van der Waals surface area contributed by atoms with Gasteiger partial charge in [-0.2, -0.15) is 0 Å². The van der Waals surface area contributed by atoms with Gasteiger partial charge in [0.1, 0.15) is 0 Å². The van der Waals surface area contributed by atoms with E-state index in [0.29, 0.717) is 18.4 Å². The molecule has 330 valence electrons. The molecule has 2 amide bonds. The molecule has 3 fully saturated rings. The molecule has 3 saturated heterocycles. The topological polar surface area (TPSA) is 136 Å². The fourth-order valence-corrected chi connectivity index (χ4v) is 9.53. The SMILES string of the molecule is C/C=C/[C@@H](CC1CCC(C)C(CC(=O)NC[C@H](O)[C@H](C)C(=O)NCCC[C@H]2O[C@@]3(CCC[C@@H](CC[C@H](C)/C=C(\C)[C@H](C)O)O3)CC[C@@H]2C)O1)O[Si](C)(C)C(C)(C)C. The first-order chi connectivity index (χ1) is 26.6. The highest BCUT2D eigenvalue weighted by Crippen LogP contribution is 2.43. The van der Waals surface area contributed by atoms with Crippen molar-refractivity contribution in [3.8, 4) is 0 Å². The predicted octanol–water partition coefficient (Wildman–Crippen LogP) is 8.75. The third-order valence-corrected chi connectivity index (χ3v) is 18.1. The molecule has 0 saturated carbocycles. The van der Waals surface area contributed by atoms with E-state index in [1.807, 2.05) is 20.8 Å². The fourth-order valence-electron chi connectivity index (χ4n) is 8.24. The second-order valence-corrected chi connectivity index (χ2v) is 24.4. The van der Waals surface area contributed by atoms with E-state index in [0.717, 1.165) is 82.6 Å². The van der Waals surface area contributed by atoms with Crippen LogP contribution in [0.5, 0.6) is 0 Å². The van der Waals surface area contributed by atoms with Crippen LogP contribution >= 0.6 is 0 Å². The normalized spacial score (nSPS) is 30.5. The smallest absolute Gasteiger partial charge is 0.225 e. The molecule has 3 aliphatic rings. The van der Waals surface area contributed by atoms with Crippen LogP contribution in [-0.4, -0.2) is 91.9 Å². The van der Waals surface area contributed by atoms with Gasteiger partial charge < -0.3 is 39.5 Å². The van der Waals surface area contributed by atoms with Gasteiger partial charge >= 0.3 is 0 Å². The molecule has 3 unspecified atom stereocenters. The summed E-state index contributed by atoms with van der Waals surface area (Å²) in [4.78, 5) is 26.1. The van der Waals surface area contributed by atoms with Gasteiger partial charge in [-0.15, -0.1) is 0 Å². The molecular weight excluding hydrogens is 737 g/mol. The molecule has 0 aromatic carbocycles. The summed E-state index contributed by atoms with van der Waals surface area (Å²) in [7, 11) is -1.96. The van der Waals surface area contributed by atoms with Crippen LogP contribution in [0.4, 0.5) is 0 Å². The van der Waals surface area contributed by atoms with E-state index in [1.54, 1.807) is 6.92 Å². The molecule has 12 atom stereocenters. The molecular formula is C46H84N2O8Si. The number of hydrogen-bond acceptors (Lipinski definition) is 8. The molecule has 10 nitrogen and oxygen atoms in total. The van der Waals surface area contributed by atoms with Crippen molar-refractivity contribution in [1.29, 1.82) is 0 Å². The summed E-state index contributed by atoms with van der Waals surface area (Å²) >= 11 is 0. The maximum Gasteiger partial charge on any atom is 0.225 e. The Bertz CT molecular complexity index is 1300. The van der Waals surface area contributed by atoms with Gasteiger partial charge in [-0.05, 0) is 120 Å². The molecule has 4 N–H and O–H groups in total. The second kappa shape index (κ2) is 22.8. The number of aliphatic hydroxyl groups is 2. The Morgan fingerprint density at radius 2 is 1.65 bits per heavy atom. The Balaban J connectivity index is 1.39. The summed E-state index contributed by atoms with van der Waals surface area (Å²) in [5.41, 5.74) is 1.02. The van der Waals surface area contributed by atoms with Crippen molar-refractivity contribution in [3.05, 3.63) is 23.8 Å². The summed E-state index contributed by atoms with van der Waals surface area (Å²) in [5.74, 6) is -0.534. The Morgan fingerprint density at radius 3 is 2.32 bits per heavy atom. The summed E-state index contributed by atoms with van der Waals surface area (Å²) < 4.78 is 26.7. The Labute approximate surface area is 348 Å². The molecule has 3 heterocycles. The lowest BCUT2D eigenvalue weighted by atomic mass is 9.85. The van der Waals surface area contributed by atoms with Crippen molar-refractivity contribution in [2.24, 2.45) is 23.7 Å². The average Bonchev–Trinajstić information content (AvgIpc) is 3.13. The number of nitrogens with one attached hydrogen (secondary N) is 2. The summed E-state index contributed by atoms with van der Waals surface area (Å²) in [5, 5.41) is 26.7. The molecule has 3 aliphatic heterocycles. The lowest BCUT2D eigenvalue weighted by Crippen LogP contribution is -2.50. The molecule has 0 aromatic heterocycles. The van der Waals surface area contributed by atoms with Crippen molar-refractivity contribution in [1.82, 2.24) is 10.6 Å². The lowest BCUT2D eigenvalue weighted by molar-refractivity contribution is -0.324. The number of ether oxygens (including phenoxy) is 3. The van der Waals surface area contributed by atoms with Crippen molar-refractivity contribution in [3.63, 3.8) is 0 Å². The minimum atomic E-state index is -1.96. The number of aliphatic hydroxyl groups excluding tert-OH is 2. The van der Waals surface area contributed by atoms with Crippen LogP contribution in [-0.2, 0) is 28.2 Å². The number of carbonyl (C=O) groups excluding carboxylic acids is 2. The molecule has 11 heteroatoms. The summed E-state index contributed by atoms with van der Waals surface area (Å²) in [6.45, 7) is 25.9. The van der Waals surface area contributed by atoms with E-state index < -0.39 is 32.2 Å². The third-order valence-electron chi connectivity index (χ3n) is 13.5. The zero-order valence-corrected chi connectivity index (χ0v) is 39.0. The number of amides is 2. The molecule has 3 rings (SSSR count). The predicted molar refractivity (Wildman–Crippen MR) is 232 cm³/mol. The van der Waals surface area contributed by atoms with Crippen molar-refractivity contribution >= 4 is 20.1 Å². The van der Waals surface area contributed by atoms with Gasteiger partial charge in [0.05, 0.1) is 55.1 Å². The van der Waals surface area contributed by atoms with Gasteiger partial charge in [-0.3, -0.25) is 9.59 Å². The van der Waals surface area contributed by atoms with Crippen LogP contribution in [0.3, 0.4) is 0 Å². The van der Waals surface area contributed by atoms with Gasteiger partial charge in [0.15, 0.2) is 14.1 Å². The molecule has 0 radical (unpaired) electrons. The Morgan fingerprint density at radius 1 is 0.947 bits per heavy atom. The van der Waals surface area contributed by atoms with Gasteiger partial charge in [0.25, 0.3) is 0 Å². The largest absolute Gasteiger partial charge is 0.410 e. The van der Waals surface area contributed by atoms with E-state index in [9.17, 15) is 19.8 Å². The average molecular weight is 821 g/mol. The van der Waals surface area contributed by atoms with E-state index in [-0.39, 0.29) is 66.3 Å². The van der Waals surface area contributed by atoms with E-state index in [1.165, 1.54) is 0 Å². The first-order valence-corrected chi connectivity index (χ1v) is 25.5. The van der Waals surface area contributed by atoms with E-state index in [4.69, 9.17) is 18.6 Å². The highest BCUT2D eigenvalue weighted by molar-refractivity contribution is 6.74. The number of hydrogen-bond donors (Lipinski definition) is 4. The van der Waals surface area contributed by atoms with Crippen LogP contribution in [0.1, 0.15) is 153 Å². The van der Waals surface area contributed by atoms with Crippen molar-refractivity contribution < 1.29 is 38.4 Å².